The van der Waals surface area contributed by atoms with Crippen molar-refractivity contribution in [1.82, 2.24) is 25.3 Å². The molecule has 1 unspecified atom stereocenters. The monoisotopic (exact) mass is 330 g/mol. The number of thioether (sulfide) groups is 1. The average Bonchev–Trinajstić information content (AvgIpc) is 2.63. The van der Waals surface area contributed by atoms with E-state index in [4.69, 9.17) is 0 Å². The van der Waals surface area contributed by atoms with Crippen LogP contribution < -0.4 is 10.2 Å². The van der Waals surface area contributed by atoms with Crippen LogP contribution in [0, 0.1) is 0 Å². The summed E-state index contributed by atoms with van der Waals surface area (Å²) in [5, 5.41) is 3.80. The van der Waals surface area contributed by atoms with Crippen molar-refractivity contribution in [3.8, 4) is 0 Å². The van der Waals surface area contributed by atoms with Crippen molar-refractivity contribution in [2.24, 2.45) is 0 Å². The molecular formula is C15H18N6OS. The molecule has 1 atom stereocenters. The van der Waals surface area contributed by atoms with E-state index in [2.05, 4.69) is 30.2 Å². The second-order valence-electron chi connectivity index (χ2n) is 5.25. The fourth-order valence-electron chi connectivity index (χ4n) is 2.59. The van der Waals surface area contributed by atoms with Crippen LogP contribution in [-0.4, -0.2) is 51.2 Å². The Hall–Kier alpha value is -2.22. The van der Waals surface area contributed by atoms with Gasteiger partial charge in [0.15, 0.2) is 5.16 Å². The number of carbonyl (C=O) groups excluding carboxylic acids is 1. The molecule has 23 heavy (non-hydrogen) atoms. The second kappa shape index (κ2) is 7.36. The van der Waals surface area contributed by atoms with Gasteiger partial charge in [-0.05, 0) is 31.2 Å². The number of nitrogens with zero attached hydrogens (tertiary/aromatic N) is 5. The van der Waals surface area contributed by atoms with Gasteiger partial charge >= 0.3 is 0 Å². The van der Waals surface area contributed by atoms with Crippen molar-refractivity contribution in [2.75, 3.05) is 24.2 Å². The predicted octanol–water partition coefficient (Wildman–Crippen LogP) is 1.39. The molecule has 0 aliphatic carbocycles. The fourth-order valence-corrected chi connectivity index (χ4v) is 2.94. The lowest BCUT2D eigenvalue weighted by molar-refractivity contribution is 0.0928. The Balaban J connectivity index is 1.65. The molecule has 3 heterocycles. The maximum Gasteiger partial charge on any atom is 0.270 e. The number of rotatable bonds is 4. The Labute approximate surface area is 139 Å². The first kappa shape index (κ1) is 15.7. The van der Waals surface area contributed by atoms with Crippen molar-refractivity contribution in [2.45, 2.75) is 24.0 Å². The smallest absolute Gasteiger partial charge is 0.270 e. The number of piperidine rings is 1. The lowest BCUT2D eigenvalue weighted by Gasteiger charge is -2.33. The third-order valence-electron chi connectivity index (χ3n) is 3.70. The fraction of sp³-hybridized carbons (Fsp3) is 0.400. The highest BCUT2D eigenvalue weighted by atomic mass is 32.2. The van der Waals surface area contributed by atoms with E-state index in [0.29, 0.717) is 5.69 Å². The van der Waals surface area contributed by atoms with E-state index in [1.54, 1.807) is 18.5 Å². The largest absolute Gasteiger partial charge is 0.354 e. The number of carbonyl (C=O) groups is 1. The first-order chi connectivity index (χ1) is 11.3. The molecule has 8 heteroatoms. The van der Waals surface area contributed by atoms with E-state index in [9.17, 15) is 4.79 Å². The van der Waals surface area contributed by atoms with Crippen LogP contribution in [0.5, 0.6) is 0 Å². The maximum atomic E-state index is 12.2. The summed E-state index contributed by atoms with van der Waals surface area (Å²) in [6.45, 7) is 1.67. The third kappa shape index (κ3) is 3.95. The van der Waals surface area contributed by atoms with Crippen molar-refractivity contribution in [3.05, 3.63) is 36.5 Å². The molecule has 120 valence electrons. The van der Waals surface area contributed by atoms with Gasteiger partial charge in [-0.2, -0.15) is 0 Å². The molecule has 3 rings (SSSR count). The Morgan fingerprint density at radius 2 is 2.26 bits per heavy atom. The van der Waals surface area contributed by atoms with Gasteiger partial charge in [-0.3, -0.25) is 4.79 Å². The number of nitrogens with one attached hydrogen (secondary N) is 1. The van der Waals surface area contributed by atoms with E-state index < -0.39 is 0 Å². The number of hydrogen-bond acceptors (Lipinski definition) is 7. The highest BCUT2D eigenvalue weighted by Crippen LogP contribution is 2.19. The van der Waals surface area contributed by atoms with E-state index in [0.717, 1.165) is 36.9 Å². The van der Waals surface area contributed by atoms with Gasteiger partial charge in [0, 0.05) is 31.5 Å². The van der Waals surface area contributed by atoms with Crippen molar-refractivity contribution >= 4 is 23.5 Å². The highest BCUT2D eigenvalue weighted by Gasteiger charge is 2.23. The quantitative estimate of drug-likeness (QED) is 0.670. The van der Waals surface area contributed by atoms with Crippen molar-refractivity contribution < 1.29 is 4.79 Å². The SMILES string of the molecule is CSc1nccc(N2CCCC(NC(=O)c3ccncn3)C2)n1. The molecule has 1 aliphatic rings. The number of amides is 1. The topological polar surface area (TPSA) is 83.9 Å². The zero-order valence-electron chi connectivity index (χ0n) is 12.8. The summed E-state index contributed by atoms with van der Waals surface area (Å²) in [5.74, 6) is 0.747. The normalized spacial score (nSPS) is 17.8. The van der Waals surface area contributed by atoms with Gasteiger partial charge in [0.2, 0.25) is 0 Å². The summed E-state index contributed by atoms with van der Waals surface area (Å²) in [7, 11) is 0. The van der Waals surface area contributed by atoms with Gasteiger partial charge in [-0.15, -0.1) is 0 Å². The molecule has 7 nitrogen and oxygen atoms in total. The van der Waals surface area contributed by atoms with Crippen LogP contribution in [0.25, 0.3) is 0 Å². The minimum Gasteiger partial charge on any atom is -0.354 e. The maximum absolute atomic E-state index is 12.2. The molecule has 1 amide bonds. The van der Waals surface area contributed by atoms with Crippen molar-refractivity contribution in [3.63, 3.8) is 0 Å². The summed E-state index contributed by atoms with van der Waals surface area (Å²) in [6, 6.07) is 3.61. The van der Waals surface area contributed by atoms with E-state index in [1.807, 2.05) is 12.3 Å². The summed E-state index contributed by atoms with van der Waals surface area (Å²) in [4.78, 5) is 30.9. The number of hydrogen-bond donors (Lipinski definition) is 1. The van der Waals surface area contributed by atoms with Gasteiger partial charge in [0.1, 0.15) is 17.8 Å². The Morgan fingerprint density at radius 3 is 3.04 bits per heavy atom. The standard InChI is InChI=1S/C15H18N6OS/c1-23-15-17-7-5-13(20-15)21-8-2-3-11(9-21)19-14(22)12-4-6-16-10-18-12/h4-7,10-11H,2-3,8-9H2,1H3,(H,19,22). The van der Waals surface area contributed by atoms with Crippen LogP contribution in [-0.2, 0) is 0 Å². The Bertz CT molecular complexity index is 668. The molecule has 1 N–H and O–H groups in total. The first-order valence-electron chi connectivity index (χ1n) is 7.45. The lowest BCUT2D eigenvalue weighted by atomic mass is 10.1. The van der Waals surface area contributed by atoms with Gasteiger partial charge < -0.3 is 10.2 Å². The van der Waals surface area contributed by atoms with E-state index >= 15 is 0 Å². The minimum absolute atomic E-state index is 0.0823. The summed E-state index contributed by atoms with van der Waals surface area (Å²) in [5.41, 5.74) is 0.392. The molecule has 0 saturated carbocycles. The molecule has 0 radical (unpaired) electrons. The zero-order chi connectivity index (χ0) is 16.1. The zero-order valence-corrected chi connectivity index (χ0v) is 13.7. The lowest BCUT2D eigenvalue weighted by Crippen LogP contribution is -2.48. The third-order valence-corrected chi connectivity index (χ3v) is 4.26. The summed E-state index contributed by atoms with van der Waals surface area (Å²) < 4.78 is 0. The first-order valence-corrected chi connectivity index (χ1v) is 8.67. The number of anilines is 1. The average molecular weight is 330 g/mol. The van der Waals surface area contributed by atoms with Crippen LogP contribution in [0.3, 0.4) is 0 Å². The molecule has 2 aromatic rings. The molecule has 0 bridgehead atoms. The van der Waals surface area contributed by atoms with E-state index in [1.165, 1.54) is 18.1 Å². The molecule has 2 aromatic heterocycles. The van der Waals surface area contributed by atoms with Crippen LogP contribution in [0.2, 0.25) is 0 Å². The van der Waals surface area contributed by atoms with Gasteiger partial charge in [0.25, 0.3) is 5.91 Å². The van der Waals surface area contributed by atoms with Crippen LogP contribution in [0.1, 0.15) is 23.3 Å². The molecule has 0 aromatic carbocycles. The molecular weight excluding hydrogens is 312 g/mol. The summed E-state index contributed by atoms with van der Waals surface area (Å²) in [6.07, 6.45) is 8.64. The second-order valence-corrected chi connectivity index (χ2v) is 6.03. The minimum atomic E-state index is -0.160. The molecule has 1 fully saturated rings. The van der Waals surface area contributed by atoms with Crippen LogP contribution in [0.4, 0.5) is 5.82 Å². The Morgan fingerprint density at radius 1 is 1.35 bits per heavy atom. The van der Waals surface area contributed by atoms with Gasteiger partial charge in [0.05, 0.1) is 0 Å². The highest BCUT2D eigenvalue weighted by molar-refractivity contribution is 7.98. The van der Waals surface area contributed by atoms with Gasteiger partial charge in [-0.1, -0.05) is 11.8 Å². The number of aromatic nitrogens is 4. The van der Waals surface area contributed by atoms with E-state index in [-0.39, 0.29) is 11.9 Å². The summed E-state index contributed by atoms with van der Waals surface area (Å²) >= 11 is 1.52. The Kier molecular flexibility index (Phi) is 5.02. The van der Waals surface area contributed by atoms with Gasteiger partial charge in [-0.25, -0.2) is 19.9 Å². The molecule has 1 aliphatic heterocycles. The molecule has 1 saturated heterocycles. The van der Waals surface area contributed by atoms with Crippen LogP contribution >= 0.6 is 11.8 Å². The molecule has 0 spiro atoms. The van der Waals surface area contributed by atoms with Crippen molar-refractivity contribution in [1.29, 1.82) is 0 Å². The predicted molar refractivity (Wildman–Crippen MR) is 88.5 cm³/mol. The van der Waals surface area contributed by atoms with Crippen LogP contribution in [0.15, 0.2) is 36.0 Å².